The van der Waals surface area contributed by atoms with Gasteiger partial charge in [-0.1, -0.05) is 23.7 Å². The number of hydrogen-bond donors (Lipinski definition) is 2. The first-order valence-corrected chi connectivity index (χ1v) is 7.96. The number of ether oxygens (including phenoxy) is 1. The van der Waals surface area contributed by atoms with E-state index in [1.165, 1.54) is 0 Å². The van der Waals surface area contributed by atoms with Crippen molar-refractivity contribution in [2.75, 3.05) is 11.9 Å². The molecular weight excluding hydrogens is 330 g/mol. The third kappa shape index (κ3) is 2.94. The Morgan fingerprint density at radius 1 is 1.46 bits per heavy atom. The first-order chi connectivity index (χ1) is 11.5. The fourth-order valence-corrected chi connectivity index (χ4v) is 2.93. The van der Waals surface area contributed by atoms with Crippen molar-refractivity contribution in [1.82, 2.24) is 20.0 Å². The Morgan fingerprint density at radius 3 is 3.00 bits per heavy atom. The second-order valence-corrected chi connectivity index (χ2v) is 5.80. The predicted octanol–water partition coefficient (Wildman–Crippen LogP) is 2.84. The van der Waals surface area contributed by atoms with Crippen LogP contribution in [0.2, 0.25) is 5.02 Å². The summed E-state index contributed by atoms with van der Waals surface area (Å²) in [6.07, 6.45) is 0.149. The molecule has 0 unspecified atom stereocenters. The minimum atomic E-state index is -0.188. The Morgan fingerprint density at radius 2 is 2.25 bits per heavy atom. The number of aromatic nitrogens is 4. The van der Waals surface area contributed by atoms with Crippen molar-refractivity contribution >= 4 is 34.4 Å². The summed E-state index contributed by atoms with van der Waals surface area (Å²) in [5, 5.41) is 15.5. The molecule has 0 bridgehead atoms. The van der Waals surface area contributed by atoms with Gasteiger partial charge in [0.1, 0.15) is 11.6 Å². The minimum Gasteiger partial charge on any atom is -0.492 e. The van der Waals surface area contributed by atoms with Gasteiger partial charge in [0.25, 0.3) is 0 Å². The Hall–Kier alpha value is -2.54. The molecule has 2 N–H and O–H groups in total. The number of halogens is 1. The molecule has 24 heavy (non-hydrogen) atoms. The van der Waals surface area contributed by atoms with Crippen molar-refractivity contribution in [2.45, 2.75) is 20.3 Å². The van der Waals surface area contributed by atoms with Crippen LogP contribution in [0, 0.1) is 6.92 Å². The maximum Gasteiger partial charge on any atom is 0.230 e. The van der Waals surface area contributed by atoms with E-state index in [0.29, 0.717) is 28.8 Å². The maximum atomic E-state index is 12.4. The fraction of sp³-hybridized carbons (Fsp3) is 0.312. The highest BCUT2D eigenvalue weighted by Gasteiger charge is 2.17. The van der Waals surface area contributed by atoms with Crippen molar-refractivity contribution in [2.24, 2.45) is 7.05 Å². The summed E-state index contributed by atoms with van der Waals surface area (Å²) in [5.74, 6) is 0.900. The lowest BCUT2D eigenvalue weighted by atomic mass is 10.1. The number of nitrogens with one attached hydrogen (secondary N) is 2. The Labute approximate surface area is 143 Å². The molecule has 0 aliphatic carbocycles. The summed E-state index contributed by atoms with van der Waals surface area (Å²) in [4.78, 5) is 12.4. The van der Waals surface area contributed by atoms with Crippen LogP contribution < -0.4 is 10.1 Å². The number of rotatable bonds is 5. The van der Waals surface area contributed by atoms with E-state index in [0.717, 1.165) is 16.6 Å². The maximum absolute atomic E-state index is 12.4. The van der Waals surface area contributed by atoms with Gasteiger partial charge in [0, 0.05) is 12.6 Å². The van der Waals surface area contributed by atoms with Crippen LogP contribution in [0.3, 0.4) is 0 Å². The molecule has 0 aliphatic rings. The van der Waals surface area contributed by atoms with Crippen LogP contribution in [0.25, 0.3) is 11.0 Å². The standard InChI is InChI=1S/C16H18ClN5O2/c1-4-24-14-10(6-5-7-11(14)17)8-12(23)18-15-13-9(2)21-22(3)16(13)20-19-15/h5-7H,4,8H2,1-3H3,(H2,18,19,20,23). The van der Waals surface area contributed by atoms with E-state index < -0.39 is 0 Å². The van der Waals surface area contributed by atoms with Crippen LogP contribution in [0.5, 0.6) is 5.75 Å². The van der Waals surface area contributed by atoms with Crippen molar-refractivity contribution < 1.29 is 9.53 Å². The molecule has 3 aromatic rings. The topological polar surface area (TPSA) is 84.8 Å². The van der Waals surface area contributed by atoms with Crippen molar-refractivity contribution in [3.63, 3.8) is 0 Å². The molecule has 0 saturated heterocycles. The van der Waals surface area contributed by atoms with Crippen molar-refractivity contribution in [3.05, 3.63) is 34.5 Å². The van der Waals surface area contributed by atoms with Crippen LogP contribution in [0.1, 0.15) is 18.2 Å². The van der Waals surface area contributed by atoms with E-state index in [1.807, 2.05) is 27.0 Å². The predicted molar refractivity (Wildman–Crippen MR) is 92.6 cm³/mol. The Bertz CT molecular complexity index is 899. The van der Waals surface area contributed by atoms with E-state index in [2.05, 4.69) is 20.6 Å². The van der Waals surface area contributed by atoms with Gasteiger partial charge in [-0.3, -0.25) is 9.89 Å². The van der Waals surface area contributed by atoms with Gasteiger partial charge >= 0.3 is 0 Å². The van der Waals surface area contributed by atoms with Crippen LogP contribution in [0.4, 0.5) is 5.82 Å². The highest BCUT2D eigenvalue weighted by Crippen LogP contribution is 2.29. The summed E-state index contributed by atoms with van der Waals surface area (Å²) in [7, 11) is 1.81. The summed E-state index contributed by atoms with van der Waals surface area (Å²) in [6.45, 7) is 4.23. The lowest BCUT2D eigenvalue weighted by Crippen LogP contribution is -2.15. The number of aromatic amines is 1. The third-order valence-corrected chi connectivity index (χ3v) is 3.97. The zero-order chi connectivity index (χ0) is 17.3. The molecule has 1 aromatic carbocycles. The molecule has 0 radical (unpaired) electrons. The normalized spacial score (nSPS) is 11.0. The van der Waals surface area contributed by atoms with Gasteiger partial charge < -0.3 is 10.1 Å². The van der Waals surface area contributed by atoms with Gasteiger partial charge in [0.15, 0.2) is 5.65 Å². The number of para-hydroxylation sites is 1. The lowest BCUT2D eigenvalue weighted by molar-refractivity contribution is -0.115. The summed E-state index contributed by atoms with van der Waals surface area (Å²) in [6, 6.07) is 5.37. The molecule has 0 spiro atoms. The molecular formula is C16H18ClN5O2. The minimum absolute atomic E-state index is 0.149. The van der Waals surface area contributed by atoms with Crippen LogP contribution in [0.15, 0.2) is 18.2 Å². The number of fused-ring (bicyclic) bond motifs is 1. The number of anilines is 1. The SMILES string of the molecule is CCOc1c(Cl)cccc1CC(=O)Nc1[nH]nc2c1c(C)nn2C. The molecule has 8 heteroatoms. The monoisotopic (exact) mass is 347 g/mol. The van der Waals surface area contributed by atoms with Crippen molar-refractivity contribution in [3.8, 4) is 5.75 Å². The molecule has 0 aliphatic heterocycles. The second kappa shape index (κ2) is 6.52. The number of hydrogen-bond acceptors (Lipinski definition) is 4. The van der Waals surface area contributed by atoms with Gasteiger partial charge in [-0.15, -0.1) is 0 Å². The first-order valence-electron chi connectivity index (χ1n) is 7.59. The third-order valence-electron chi connectivity index (χ3n) is 3.67. The summed E-state index contributed by atoms with van der Waals surface area (Å²) >= 11 is 6.15. The molecule has 0 atom stereocenters. The molecule has 0 saturated carbocycles. The number of nitrogens with zero attached hydrogens (tertiary/aromatic N) is 3. The first kappa shape index (κ1) is 16.3. The Kier molecular flexibility index (Phi) is 4.44. The average Bonchev–Trinajstić information content (AvgIpc) is 3.06. The molecule has 3 rings (SSSR count). The summed E-state index contributed by atoms with van der Waals surface area (Å²) in [5.41, 5.74) is 2.23. The molecule has 2 aromatic heterocycles. The second-order valence-electron chi connectivity index (χ2n) is 5.39. The van der Waals surface area contributed by atoms with Crippen LogP contribution in [-0.2, 0) is 18.3 Å². The number of carbonyl (C=O) groups excluding carboxylic acids is 1. The number of carbonyl (C=O) groups is 1. The van der Waals surface area contributed by atoms with Gasteiger partial charge in [-0.25, -0.2) is 4.68 Å². The largest absolute Gasteiger partial charge is 0.492 e. The van der Waals surface area contributed by atoms with Gasteiger partial charge in [0.2, 0.25) is 5.91 Å². The fourth-order valence-electron chi connectivity index (χ4n) is 2.68. The van der Waals surface area contributed by atoms with Gasteiger partial charge in [-0.2, -0.15) is 10.2 Å². The highest BCUT2D eigenvalue weighted by atomic mass is 35.5. The van der Waals surface area contributed by atoms with E-state index in [9.17, 15) is 4.79 Å². The highest BCUT2D eigenvalue weighted by molar-refractivity contribution is 6.32. The van der Waals surface area contributed by atoms with Crippen LogP contribution in [-0.4, -0.2) is 32.5 Å². The van der Waals surface area contributed by atoms with Crippen LogP contribution >= 0.6 is 11.6 Å². The Balaban J connectivity index is 1.82. The van der Waals surface area contributed by atoms with Gasteiger partial charge in [-0.05, 0) is 19.9 Å². The van der Waals surface area contributed by atoms with Crippen molar-refractivity contribution in [1.29, 1.82) is 0 Å². The number of benzene rings is 1. The number of amides is 1. The molecule has 7 nitrogen and oxygen atoms in total. The molecule has 0 fully saturated rings. The van der Waals surface area contributed by atoms with Gasteiger partial charge in [0.05, 0.1) is 29.1 Å². The summed E-state index contributed by atoms with van der Waals surface area (Å²) < 4.78 is 7.22. The average molecular weight is 348 g/mol. The quantitative estimate of drug-likeness (QED) is 0.743. The van der Waals surface area contributed by atoms with E-state index in [4.69, 9.17) is 16.3 Å². The van der Waals surface area contributed by atoms with E-state index in [-0.39, 0.29) is 12.3 Å². The van der Waals surface area contributed by atoms with E-state index >= 15 is 0 Å². The van der Waals surface area contributed by atoms with E-state index in [1.54, 1.807) is 16.8 Å². The lowest BCUT2D eigenvalue weighted by Gasteiger charge is -2.11. The number of H-pyrrole nitrogens is 1. The zero-order valence-electron chi connectivity index (χ0n) is 13.7. The number of aryl methyl sites for hydroxylation is 2. The zero-order valence-corrected chi connectivity index (χ0v) is 14.4. The molecule has 2 heterocycles. The molecule has 126 valence electrons. The molecule has 1 amide bonds. The smallest absolute Gasteiger partial charge is 0.230 e.